The van der Waals surface area contributed by atoms with Gasteiger partial charge in [-0.15, -0.1) is 0 Å². The maximum Gasteiger partial charge on any atom is 0.0560 e. The van der Waals surface area contributed by atoms with Crippen LogP contribution in [0.2, 0.25) is 0 Å². The molecule has 1 aromatic rings. The zero-order valence-corrected chi connectivity index (χ0v) is 13.7. The lowest BCUT2D eigenvalue weighted by Gasteiger charge is -2.46. The Morgan fingerprint density at radius 3 is 2.10 bits per heavy atom. The van der Waals surface area contributed by atoms with Crippen LogP contribution in [0, 0.1) is 6.92 Å². The molecule has 0 N–H and O–H groups in total. The molecule has 0 aromatic heterocycles. The molecule has 2 rings (SSSR count). The number of hydrogen-bond acceptors (Lipinski definition) is 2. The molecular weight excluding hydrogens is 246 g/mol. The molecule has 2 nitrogen and oxygen atoms in total. The minimum Gasteiger partial charge on any atom is -0.384 e. The first-order valence-electron chi connectivity index (χ1n) is 7.69. The lowest BCUT2D eigenvalue weighted by Crippen LogP contribution is -2.51. The summed E-state index contributed by atoms with van der Waals surface area (Å²) < 4.78 is 5.57. The molecule has 1 aliphatic heterocycles. The van der Waals surface area contributed by atoms with Crippen molar-refractivity contribution in [3.8, 4) is 0 Å². The summed E-state index contributed by atoms with van der Waals surface area (Å²) >= 11 is 0. The molecule has 20 heavy (non-hydrogen) atoms. The largest absolute Gasteiger partial charge is 0.384 e. The quantitative estimate of drug-likeness (QED) is 0.832. The third-order valence-electron chi connectivity index (χ3n) is 4.75. The van der Waals surface area contributed by atoms with Crippen LogP contribution < -0.4 is 0 Å². The second kappa shape index (κ2) is 5.87. The van der Waals surface area contributed by atoms with E-state index in [1.807, 2.05) is 7.11 Å². The van der Waals surface area contributed by atoms with Gasteiger partial charge < -0.3 is 4.74 Å². The van der Waals surface area contributed by atoms with Crippen LogP contribution in [-0.4, -0.2) is 37.2 Å². The van der Waals surface area contributed by atoms with Gasteiger partial charge in [-0.1, -0.05) is 29.8 Å². The van der Waals surface area contributed by atoms with E-state index in [4.69, 9.17) is 4.74 Å². The zero-order valence-electron chi connectivity index (χ0n) is 13.7. The molecule has 112 valence electrons. The highest BCUT2D eigenvalue weighted by Gasteiger charge is 2.38. The monoisotopic (exact) mass is 275 g/mol. The average Bonchev–Trinajstić information content (AvgIpc) is 2.39. The van der Waals surface area contributed by atoms with E-state index in [-0.39, 0.29) is 11.0 Å². The van der Waals surface area contributed by atoms with E-state index >= 15 is 0 Å². The van der Waals surface area contributed by atoms with E-state index in [1.54, 1.807) is 0 Å². The van der Waals surface area contributed by atoms with Gasteiger partial charge in [0.05, 0.1) is 6.61 Å². The van der Waals surface area contributed by atoms with E-state index in [9.17, 15) is 0 Å². The summed E-state index contributed by atoms with van der Waals surface area (Å²) in [5.74, 6) is 0. The van der Waals surface area contributed by atoms with Gasteiger partial charge in [0.1, 0.15) is 0 Å². The Bertz CT molecular complexity index is 422. The maximum absolute atomic E-state index is 5.57. The van der Waals surface area contributed by atoms with E-state index in [0.29, 0.717) is 0 Å². The smallest absolute Gasteiger partial charge is 0.0560 e. The number of piperidine rings is 1. The molecule has 0 aliphatic carbocycles. The minimum atomic E-state index is 0.199. The molecular formula is C18H29NO. The summed E-state index contributed by atoms with van der Waals surface area (Å²) in [6.07, 6.45) is 2.36. The Morgan fingerprint density at radius 2 is 1.65 bits per heavy atom. The molecule has 0 amide bonds. The van der Waals surface area contributed by atoms with Crippen LogP contribution in [0.15, 0.2) is 24.3 Å². The molecule has 0 saturated carbocycles. The Hall–Kier alpha value is -0.860. The van der Waals surface area contributed by atoms with Crippen LogP contribution in [0.4, 0.5) is 0 Å². The fourth-order valence-electron chi connectivity index (χ4n) is 3.31. The van der Waals surface area contributed by atoms with Crippen LogP contribution >= 0.6 is 0 Å². The molecule has 0 bridgehead atoms. The van der Waals surface area contributed by atoms with Crippen LogP contribution in [0.1, 0.15) is 44.7 Å². The standard InChI is InChI=1S/C18H29NO/c1-15-6-8-16(9-7-15)18(14-20-5)10-12-19(13-11-18)17(2,3)4/h6-9H,10-14H2,1-5H3. The molecule has 0 spiro atoms. The highest BCUT2D eigenvalue weighted by Crippen LogP contribution is 2.37. The molecule has 0 atom stereocenters. The Labute approximate surface area is 124 Å². The van der Waals surface area contributed by atoms with Crippen molar-refractivity contribution in [3.63, 3.8) is 0 Å². The number of hydrogen-bond donors (Lipinski definition) is 0. The molecule has 1 heterocycles. The minimum absolute atomic E-state index is 0.199. The Morgan fingerprint density at radius 1 is 1.10 bits per heavy atom. The van der Waals surface area contributed by atoms with Crippen LogP contribution in [0.25, 0.3) is 0 Å². The second-order valence-electron chi connectivity index (χ2n) is 7.24. The van der Waals surface area contributed by atoms with Gasteiger partial charge in [0.15, 0.2) is 0 Å². The first kappa shape index (κ1) is 15.5. The first-order valence-corrected chi connectivity index (χ1v) is 7.69. The molecule has 1 aliphatic rings. The summed E-state index contributed by atoms with van der Waals surface area (Å²) in [6, 6.07) is 9.04. The number of aryl methyl sites for hydroxylation is 1. The van der Waals surface area contributed by atoms with Gasteiger partial charge in [-0.2, -0.15) is 0 Å². The fraction of sp³-hybridized carbons (Fsp3) is 0.667. The predicted molar refractivity (Wildman–Crippen MR) is 85.3 cm³/mol. The van der Waals surface area contributed by atoms with Gasteiger partial charge >= 0.3 is 0 Å². The van der Waals surface area contributed by atoms with Gasteiger partial charge in [0, 0.05) is 18.1 Å². The predicted octanol–water partition coefficient (Wildman–Crippen LogP) is 3.77. The fourth-order valence-corrected chi connectivity index (χ4v) is 3.31. The van der Waals surface area contributed by atoms with E-state index in [0.717, 1.165) is 19.7 Å². The molecule has 2 heteroatoms. The van der Waals surface area contributed by atoms with E-state index < -0.39 is 0 Å². The normalized spacial score (nSPS) is 20.1. The van der Waals surface area contributed by atoms with Crippen LogP contribution in [-0.2, 0) is 10.2 Å². The van der Waals surface area contributed by atoms with Crippen LogP contribution in [0.5, 0.6) is 0 Å². The van der Waals surface area contributed by atoms with Gasteiger partial charge in [-0.05, 0) is 59.2 Å². The lowest BCUT2D eigenvalue weighted by atomic mass is 9.72. The number of rotatable bonds is 3. The van der Waals surface area contributed by atoms with Gasteiger partial charge in [0.2, 0.25) is 0 Å². The number of nitrogens with zero attached hydrogens (tertiary/aromatic N) is 1. The summed E-state index contributed by atoms with van der Waals surface area (Å²) in [4.78, 5) is 2.59. The number of likely N-dealkylation sites (tertiary alicyclic amines) is 1. The van der Waals surface area contributed by atoms with Crippen molar-refractivity contribution < 1.29 is 4.74 Å². The molecule has 1 saturated heterocycles. The second-order valence-corrected chi connectivity index (χ2v) is 7.24. The van der Waals surface area contributed by atoms with Crippen molar-refractivity contribution in [1.82, 2.24) is 4.90 Å². The van der Waals surface area contributed by atoms with Gasteiger partial charge in [-0.25, -0.2) is 0 Å². The van der Waals surface area contributed by atoms with Gasteiger partial charge in [0.25, 0.3) is 0 Å². The molecule has 1 fully saturated rings. The first-order chi connectivity index (χ1) is 9.37. The SMILES string of the molecule is COCC1(c2ccc(C)cc2)CCN(C(C)(C)C)CC1. The lowest BCUT2D eigenvalue weighted by molar-refractivity contribution is 0.0357. The molecule has 0 unspecified atom stereocenters. The number of benzene rings is 1. The number of ether oxygens (including phenoxy) is 1. The van der Waals surface area contributed by atoms with Crippen LogP contribution in [0.3, 0.4) is 0 Å². The topological polar surface area (TPSA) is 12.5 Å². The Balaban J connectivity index is 2.19. The third kappa shape index (κ3) is 3.24. The maximum atomic E-state index is 5.57. The Kier molecular flexibility index (Phi) is 4.55. The highest BCUT2D eigenvalue weighted by atomic mass is 16.5. The van der Waals surface area contributed by atoms with Crippen molar-refractivity contribution in [1.29, 1.82) is 0 Å². The molecule has 1 aromatic carbocycles. The zero-order chi connectivity index (χ0) is 14.8. The highest BCUT2D eigenvalue weighted by molar-refractivity contribution is 5.30. The van der Waals surface area contributed by atoms with Gasteiger partial charge in [-0.3, -0.25) is 4.90 Å². The van der Waals surface area contributed by atoms with Crippen molar-refractivity contribution >= 4 is 0 Å². The summed E-state index contributed by atoms with van der Waals surface area (Å²) in [6.45, 7) is 12.2. The average molecular weight is 275 g/mol. The number of methoxy groups -OCH3 is 1. The van der Waals surface area contributed by atoms with E-state index in [1.165, 1.54) is 24.0 Å². The summed E-state index contributed by atoms with van der Waals surface area (Å²) in [5, 5.41) is 0. The third-order valence-corrected chi connectivity index (χ3v) is 4.75. The van der Waals surface area contributed by atoms with Crippen molar-refractivity contribution in [2.24, 2.45) is 0 Å². The van der Waals surface area contributed by atoms with Crippen molar-refractivity contribution in [2.45, 2.75) is 51.5 Å². The van der Waals surface area contributed by atoms with Crippen molar-refractivity contribution in [2.75, 3.05) is 26.8 Å². The molecule has 0 radical (unpaired) electrons. The van der Waals surface area contributed by atoms with E-state index in [2.05, 4.69) is 56.9 Å². The summed E-state index contributed by atoms with van der Waals surface area (Å²) in [7, 11) is 1.83. The van der Waals surface area contributed by atoms with Crippen molar-refractivity contribution in [3.05, 3.63) is 35.4 Å². The summed E-state index contributed by atoms with van der Waals surface area (Å²) in [5.41, 5.74) is 3.24.